The molecule has 5 heteroatoms. The Kier molecular flexibility index (Phi) is 9.32. The van der Waals surface area contributed by atoms with Crippen LogP contribution < -0.4 is 10.6 Å². The number of phenols is 1. The van der Waals surface area contributed by atoms with Crippen molar-refractivity contribution in [1.82, 2.24) is 0 Å². The van der Waals surface area contributed by atoms with Crippen molar-refractivity contribution < 1.29 is 24.5 Å². The average molecular weight is 370 g/mol. The molecule has 0 fully saturated rings. The van der Waals surface area contributed by atoms with Crippen LogP contribution in [0.5, 0.6) is 5.75 Å². The van der Waals surface area contributed by atoms with Crippen LogP contribution in [0.3, 0.4) is 0 Å². The van der Waals surface area contributed by atoms with Gasteiger partial charge in [0.1, 0.15) is 5.75 Å². The maximum atomic E-state index is 9.96. The third kappa shape index (κ3) is 6.03. The summed E-state index contributed by atoms with van der Waals surface area (Å²) in [6.07, 6.45) is 0. The molecule has 0 bridgehead atoms. The SMILES string of the molecule is Cc1cccc(C[N-]C(C)C)c1Pc1ccccc1O.[Cl][Ti+]. The van der Waals surface area contributed by atoms with E-state index in [1.165, 1.54) is 35.8 Å². The molecule has 0 aliphatic rings. The first kappa shape index (κ1) is 19.7. The van der Waals surface area contributed by atoms with Crippen LogP contribution >= 0.6 is 17.9 Å². The normalized spacial score (nSPS) is 10.7. The van der Waals surface area contributed by atoms with Crippen LogP contribution in [0.1, 0.15) is 25.0 Å². The van der Waals surface area contributed by atoms with E-state index in [2.05, 4.69) is 53.6 Å². The van der Waals surface area contributed by atoms with Crippen LogP contribution in [0.25, 0.3) is 5.32 Å². The summed E-state index contributed by atoms with van der Waals surface area (Å²) in [7, 11) is 5.11. The molecule has 0 aliphatic heterocycles. The number of halogens is 1. The molecule has 0 radical (unpaired) electrons. The van der Waals surface area contributed by atoms with Gasteiger partial charge in [0, 0.05) is 5.30 Å². The van der Waals surface area contributed by atoms with Gasteiger partial charge in [-0.2, -0.15) is 0 Å². The molecule has 116 valence electrons. The van der Waals surface area contributed by atoms with E-state index < -0.39 is 0 Å². The number of phenolic OH excluding ortho intramolecular Hbond substituents is 1. The van der Waals surface area contributed by atoms with E-state index in [4.69, 9.17) is 0 Å². The number of hydrogen-bond acceptors (Lipinski definition) is 1. The summed E-state index contributed by atoms with van der Waals surface area (Å²) in [5, 5.41) is 16.9. The van der Waals surface area contributed by atoms with Gasteiger partial charge in [-0.3, -0.25) is 0 Å². The Labute approximate surface area is 150 Å². The second-order valence-corrected chi connectivity index (χ2v) is 6.47. The van der Waals surface area contributed by atoms with Crippen LogP contribution in [0, 0.1) is 6.92 Å². The van der Waals surface area contributed by atoms with Crippen molar-refractivity contribution in [3.63, 3.8) is 0 Å². The monoisotopic (exact) mass is 369 g/mol. The third-order valence-corrected chi connectivity index (χ3v) is 4.81. The summed E-state index contributed by atoms with van der Waals surface area (Å²) in [6, 6.07) is 14.3. The van der Waals surface area contributed by atoms with Crippen LogP contribution in [-0.4, -0.2) is 11.1 Å². The molecule has 22 heavy (non-hydrogen) atoms. The number of benzene rings is 2. The fraction of sp³-hybridized carbons (Fsp3) is 0.294. The Morgan fingerprint density at radius 1 is 1.14 bits per heavy atom. The van der Waals surface area contributed by atoms with Gasteiger partial charge < -0.3 is 10.4 Å². The molecule has 2 aromatic rings. The first-order chi connectivity index (χ1) is 10.6. The fourth-order valence-corrected chi connectivity index (χ4v) is 3.30. The molecule has 2 aromatic carbocycles. The molecule has 2 rings (SSSR count). The molecule has 1 unspecified atom stereocenters. The average Bonchev–Trinajstić information content (AvgIpc) is 2.51. The van der Waals surface area contributed by atoms with E-state index in [0.29, 0.717) is 20.4 Å². The van der Waals surface area contributed by atoms with Gasteiger partial charge >= 0.3 is 28.7 Å². The molecular formula is C17H21ClNOPTi. The van der Waals surface area contributed by atoms with Crippen LogP contribution in [0.15, 0.2) is 42.5 Å². The maximum absolute atomic E-state index is 9.96. The van der Waals surface area contributed by atoms with Gasteiger partial charge in [-0.1, -0.05) is 64.4 Å². The van der Waals surface area contributed by atoms with Crippen molar-refractivity contribution in [2.75, 3.05) is 0 Å². The van der Waals surface area contributed by atoms with Crippen molar-refractivity contribution in [1.29, 1.82) is 0 Å². The van der Waals surface area contributed by atoms with Crippen LogP contribution in [0.4, 0.5) is 0 Å². The summed E-state index contributed by atoms with van der Waals surface area (Å²) in [5.74, 6) is 0.376. The zero-order valence-electron chi connectivity index (χ0n) is 13.1. The predicted molar refractivity (Wildman–Crippen MR) is 94.9 cm³/mol. The van der Waals surface area contributed by atoms with Crippen molar-refractivity contribution >= 4 is 28.5 Å². The Balaban J connectivity index is 0.00000116. The van der Waals surface area contributed by atoms with Crippen molar-refractivity contribution in [3.8, 4) is 5.75 Å². The standard InChI is InChI=1S/C17H21NOP.ClH.Ti/c1-12(2)18-11-14-8-6-7-13(3)17(14)20-16-10-5-4-9-15(16)19;;/h4-10,12,19-20H,11H2,1-3H3;1H;/q-1;;+2/p-1. The summed E-state index contributed by atoms with van der Waals surface area (Å²) >= 11 is 1.47. The fourth-order valence-electron chi connectivity index (χ4n) is 2.03. The molecule has 1 atom stereocenters. The van der Waals surface area contributed by atoms with Crippen LogP contribution in [0.2, 0.25) is 0 Å². The zero-order valence-corrected chi connectivity index (χ0v) is 16.4. The first-order valence-corrected chi connectivity index (χ1v) is 10.2. The molecule has 0 saturated heterocycles. The number of rotatable bonds is 5. The minimum absolute atomic E-state index is 0.344. The topological polar surface area (TPSA) is 34.3 Å². The molecule has 1 N–H and O–H groups in total. The van der Waals surface area contributed by atoms with Gasteiger partial charge in [-0.25, -0.2) is 0 Å². The second kappa shape index (κ2) is 10.4. The van der Waals surface area contributed by atoms with Gasteiger partial charge in [0.15, 0.2) is 0 Å². The number of aromatic hydroxyl groups is 1. The number of hydrogen-bond donors (Lipinski definition) is 1. The van der Waals surface area contributed by atoms with E-state index in [0.717, 1.165) is 11.8 Å². The number of para-hydroxylation sites is 1. The van der Waals surface area contributed by atoms with Gasteiger partial charge in [0.05, 0.1) is 0 Å². The van der Waals surface area contributed by atoms with E-state index in [1.807, 2.05) is 18.2 Å². The van der Waals surface area contributed by atoms with Gasteiger partial charge in [-0.15, -0.1) is 12.6 Å². The van der Waals surface area contributed by atoms with Gasteiger partial charge in [0.25, 0.3) is 0 Å². The Bertz CT molecular complexity index is 593. The summed E-state index contributed by atoms with van der Waals surface area (Å²) in [6.45, 7) is 7.07. The van der Waals surface area contributed by atoms with Crippen molar-refractivity contribution in [2.45, 2.75) is 33.4 Å². The Morgan fingerprint density at radius 2 is 1.82 bits per heavy atom. The van der Waals surface area contributed by atoms with Crippen molar-refractivity contribution in [2.24, 2.45) is 0 Å². The zero-order chi connectivity index (χ0) is 16.5. The third-order valence-electron chi connectivity index (χ3n) is 3.15. The van der Waals surface area contributed by atoms with Gasteiger partial charge in [0.2, 0.25) is 0 Å². The number of aryl methyl sites for hydroxylation is 1. The molecule has 0 aliphatic carbocycles. The Morgan fingerprint density at radius 3 is 2.45 bits per heavy atom. The predicted octanol–water partition coefficient (Wildman–Crippen LogP) is 4.30. The minimum atomic E-state index is 0.344. The molecular weight excluding hydrogens is 348 g/mol. The van der Waals surface area contributed by atoms with E-state index in [-0.39, 0.29) is 0 Å². The first-order valence-electron chi connectivity index (χ1n) is 7.07. The van der Waals surface area contributed by atoms with E-state index in [1.54, 1.807) is 6.07 Å². The summed E-state index contributed by atoms with van der Waals surface area (Å²) in [5.41, 5.74) is 2.53. The van der Waals surface area contributed by atoms with Crippen molar-refractivity contribution in [3.05, 3.63) is 58.9 Å². The van der Waals surface area contributed by atoms with Gasteiger partial charge in [-0.05, 0) is 23.9 Å². The summed E-state index contributed by atoms with van der Waals surface area (Å²) < 4.78 is 0. The molecule has 0 amide bonds. The number of nitrogens with zero attached hydrogens (tertiary/aromatic N) is 1. The van der Waals surface area contributed by atoms with E-state index in [9.17, 15) is 5.11 Å². The molecule has 2 nitrogen and oxygen atoms in total. The Hall–Kier alpha value is -0.366. The molecule has 0 aromatic heterocycles. The molecule has 0 spiro atoms. The quantitative estimate of drug-likeness (QED) is 0.619. The van der Waals surface area contributed by atoms with E-state index >= 15 is 0 Å². The molecule has 0 saturated carbocycles. The summed E-state index contributed by atoms with van der Waals surface area (Å²) in [4.78, 5) is 0. The molecule has 0 heterocycles. The van der Waals surface area contributed by atoms with Crippen LogP contribution in [-0.2, 0) is 25.9 Å². The second-order valence-electron chi connectivity index (χ2n) is 5.19.